The molecular formula is C59H70O8Si2. The second kappa shape index (κ2) is 23.8. The van der Waals surface area contributed by atoms with E-state index < -0.39 is 34.4 Å². The molecule has 0 spiro atoms. The Hall–Kier alpha value is -5.67. The summed E-state index contributed by atoms with van der Waals surface area (Å²) in [7, 11) is -2.13. The average Bonchev–Trinajstić information content (AvgIpc) is 3.38. The zero-order valence-corrected chi connectivity index (χ0v) is 43.4. The highest BCUT2D eigenvalue weighted by Gasteiger charge is 2.51. The number of aliphatic hydroxyl groups excluding tert-OH is 3. The van der Waals surface area contributed by atoms with E-state index in [0.29, 0.717) is 0 Å². The van der Waals surface area contributed by atoms with Crippen molar-refractivity contribution in [3.63, 3.8) is 0 Å². The Morgan fingerprint density at radius 3 is 0.971 bits per heavy atom. The smallest absolute Gasteiger partial charge is 0.261 e. The summed E-state index contributed by atoms with van der Waals surface area (Å²) in [5.74, 6) is 1.50. The highest BCUT2D eigenvalue weighted by molar-refractivity contribution is 7.00. The molecule has 362 valence electrons. The van der Waals surface area contributed by atoms with Crippen molar-refractivity contribution in [1.29, 1.82) is 0 Å². The van der Waals surface area contributed by atoms with Crippen molar-refractivity contribution >= 4 is 37.4 Å². The lowest BCUT2D eigenvalue weighted by Gasteiger charge is -2.43. The van der Waals surface area contributed by atoms with Gasteiger partial charge in [-0.05, 0) is 71.8 Å². The van der Waals surface area contributed by atoms with Gasteiger partial charge in [-0.15, -0.1) is 0 Å². The first-order chi connectivity index (χ1) is 33.2. The number of aliphatic hydroxyl groups is 3. The minimum absolute atomic E-state index is 0.0329. The van der Waals surface area contributed by atoms with E-state index in [-0.39, 0.29) is 36.5 Å². The van der Waals surface area contributed by atoms with Gasteiger partial charge < -0.3 is 38.4 Å². The molecule has 69 heavy (non-hydrogen) atoms. The Balaban J connectivity index is 0.000000285. The fraction of sp³-hybridized carbons (Fsp3) is 0.288. The maximum absolute atomic E-state index is 11.7. The standard InChI is InChI=1S/C40H44O5Si.C19H26O3Si/c1-39(2,3)46(37-17-11-7-12-18-37,38-19-13-8-14-20-38)45-30-34(41)29-44-40(31-15-9-6-10-16-31,32-21-25-35(42-4)26-22-32)33-23-27-36(43-5)28-24-33;1-19(2,3)23(22-15-16(21)14-20,17-10-6-4-7-11-17)18-12-8-5-9-13-18/h6-28,34,41H,29-30H2,1-5H3;4-13,16,20-21H,14-15H2,1-3H3/t34-;16-/m11/s1. The Morgan fingerprint density at radius 2 is 0.681 bits per heavy atom. The highest BCUT2D eigenvalue weighted by Crippen LogP contribution is 2.43. The van der Waals surface area contributed by atoms with Crippen LogP contribution in [0, 0.1) is 0 Å². The molecule has 0 unspecified atom stereocenters. The fourth-order valence-corrected chi connectivity index (χ4v) is 18.6. The molecule has 8 nitrogen and oxygen atoms in total. The van der Waals surface area contributed by atoms with Crippen LogP contribution in [0.15, 0.2) is 200 Å². The van der Waals surface area contributed by atoms with Crippen molar-refractivity contribution < 1.29 is 38.4 Å². The summed E-state index contributed by atoms with van der Waals surface area (Å²) in [5, 5.41) is 35.0. The number of methoxy groups -OCH3 is 2. The minimum atomic E-state index is -2.84. The molecule has 3 N–H and O–H groups in total. The number of ether oxygens (including phenoxy) is 3. The van der Waals surface area contributed by atoms with Gasteiger partial charge in [-0.25, -0.2) is 0 Å². The van der Waals surface area contributed by atoms with Crippen LogP contribution < -0.4 is 30.2 Å². The average molecular weight is 963 g/mol. The Kier molecular flexibility index (Phi) is 18.2. The van der Waals surface area contributed by atoms with E-state index in [1.54, 1.807) is 14.2 Å². The third kappa shape index (κ3) is 11.9. The molecule has 7 aromatic carbocycles. The van der Waals surface area contributed by atoms with E-state index in [1.165, 1.54) is 10.4 Å². The SMILES string of the molecule is CC(C)(C)[Si](OC[C@H](O)CO)(c1ccccc1)c1ccccc1.COc1ccc(C(OC[C@@H](O)CO[Si](c2ccccc2)(c2ccccc2)C(C)(C)C)(c2ccccc2)c2ccc(OC)cc2)cc1. The molecule has 0 heterocycles. The lowest BCUT2D eigenvalue weighted by Crippen LogP contribution is -2.67. The lowest BCUT2D eigenvalue weighted by atomic mass is 9.80. The number of rotatable bonds is 19. The van der Waals surface area contributed by atoms with Crippen molar-refractivity contribution in [2.75, 3.05) is 40.6 Å². The molecule has 0 aromatic heterocycles. The van der Waals surface area contributed by atoms with Gasteiger partial charge in [0.05, 0.1) is 52.9 Å². The summed E-state index contributed by atoms with van der Waals surface area (Å²) in [6.45, 7) is 13.2. The molecule has 0 saturated carbocycles. The van der Waals surface area contributed by atoms with E-state index in [2.05, 4.69) is 126 Å². The Bertz CT molecular complexity index is 2420. The topological polar surface area (TPSA) is 107 Å². The van der Waals surface area contributed by atoms with Gasteiger partial charge in [0.25, 0.3) is 16.6 Å². The lowest BCUT2D eigenvalue weighted by molar-refractivity contribution is -0.0504. The molecular weight excluding hydrogens is 893 g/mol. The summed E-state index contributed by atoms with van der Waals surface area (Å²) in [6.07, 6.45) is -1.77. The zero-order chi connectivity index (χ0) is 49.5. The molecule has 0 aliphatic rings. The minimum Gasteiger partial charge on any atom is -0.497 e. The van der Waals surface area contributed by atoms with E-state index in [1.807, 2.05) is 115 Å². The van der Waals surface area contributed by atoms with Crippen molar-refractivity contribution in [2.24, 2.45) is 0 Å². The van der Waals surface area contributed by atoms with Crippen LogP contribution in [0.3, 0.4) is 0 Å². The van der Waals surface area contributed by atoms with Crippen LogP contribution in [0.5, 0.6) is 11.5 Å². The summed E-state index contributed by atoms with van der Waals surface area (Å²) < 4.78 is 31.4. The van der Waals surface area contributed by atoms with E-state index in [9.17, 15) is 10.2 Å². The predicted octanol–water partition coefficient (Wildman–Crippen LogP) is 8.87. The third-order valence-corrected chi connectivity index (χ3v) is 22.7. The molecule has 0 radical (unpaired) electrons. The van der Waals surface area contributed by atoms with Crippen LogP contribution in [-0.4, -0.2) is 84.8 Å². The molecule has 2 atom stereocenters. The van der Waals surface area contributed by atoms with Crippen molar-refractivity contribution in [1.82, 2.24) is 0 Å². The third-order valence-electron chi connectivity index (χ3n) is 12.7. The number of hydrogen-bond donors (Lipinski definition) is 3. The largest absolute Gasteiger partial charge is 0.497 e. The van der Waals surface area contributed by atoms with E-state index in [4.69, 9.17) is 28.2 Å². The van der Waals surface area contributed by atoms with Gasteiger partial charge >= 0.3 is 0 Å². The van der Waals surface area contributed by atoms with E-state index in [0.717, 1.165) is 38.6 Å². The second-order valence-electron chi connectivity index (χ2n) is 19.3. The molecule has 0 amide bonds. The maximum Gasteiger partial charge on any atom is 0.261 e. The van der Waals surface area contributed by atoms with Gasteiger partial charge in [-0.3, -0.25) is 0 Å². The molecule has 0 aliphatic carbocycles. The molecule has 7 aromatic rings. The summed E-state index contributed by atoms with van der Waals surface area (Å²) >= 11 is 0. The first-order valence-electron chi connectivity index (χ1n) is 23.6. The van der Waals surface area contributed by atoms with Gasteiger partial charge in [-0.2, -0.15) is 0 Å². The quantitative estimate of drug-likeness (QED) is 0.0546. The zero-order valence-electron chi connectivity index (χ0n) is 41.4. The normalized spacial score (nSPS) is 13.1. The molecule has 0 aliphatic heterocycles. The predicted molar refractivity (Wildman–Crippen MR) is 285 cm³/mol. The van der Waals surface area contributed by atoms with Crippen molar-refractivity contribution in [2.45, 2.75) is 69.4 Å². The number of benzene rings is 7. The van der Waals surface area contributed by atoms with Crippen LogP contribution in [0.25, 0.3) is 0 Å². The summed E-state index contributed by atoms with van der Waals surface area (Å²) in [5.41, 5.74) is 1.72. The van der Waals surface area contributed by atoms with Crippen LogP contribution in [-0.2, 0) is 19.2 Å². The first kappa shape index (κ1) is 52.7. The first-order valence-corrected chi connectivity index (χ1v) is 27.4. The van der Waals surface area contributed by atoms with Crippen molar-refractivity contribution in [3.05, 3.63) is 217 Å². The van der Waals surface area contributed by atoms with Crippen LogP contribution in [0.4, 0.5) is 0 Å². The summed E-state index contributed by atoms with van der Waals surface area (Å²) in [4.78, 5) is 0. The van der Waals surface area contributed by atoms with Gasteiger partial charge in [0.2, 0.25) is 0 Å². The summed E-state index contributed by atoms with van der Waals surface area (Å²) in [6, 6.07) is 67.3. The molecule has 0 fully saturated rings. The van der Waals surface area contributed by atoms with Crippen LogP contribution in [0.2, 0.25) is 10.1 Å². The van der Waals surface area contributed by atoms with Gasteiger partial charge in [0.1, 0.15) is 17.1 Å². The van der Waals surface area contributed by atoms with Gasteiger partial charge in [0, 0.05) is 0 Å². The van der Waals surface area contributed by atoms with Crippen LogP contribution in [0.1, 0.15) is 58.2 Å². The van der Waals surface area contributed by atoms with Gasteiger partial charge in [-0.1, -0.05) is 217 Å². The van der Waals surface area contributed by atoms with Gasteiger partial charge in [0.15, 0.2) is 0 Å². The maximum atomic E-state index is 11.7. The fourth-order valence-electron chi connectivity index (χ4n) is 9.36. The highest BCUT2D eigenvalue weighted by atomic mass is 28.4. The van der Waals surface area contributed by atoms with Crippen LogP contribution >= 0.6 is 0 Å². The molecule has 7 rings (SSSR count). The second-order valence-corrected chi connectivity index (χ2v) is 27.9. The molecule has 0 bridgehead atoms. The monoisotopic (exact) mass is 962 g/mol. The van der Waals surface area contributed by atoms with Crippen molar-refractivity contribution in [3.8, 4) is 11.5 Å². The number of hydrogen-bond acceptors (Lipinski definition) is 8. The Morgan fingerprint density at radius 1 is 0.391 bits per heavy atom. The molecule has 0 saturated heterocycles. The Labute approximate surface area is 412 Å². The van der Waals surface area contributed by atoms with E-state index >= 15 is 0 Å². The molecule has 10 heteroatoms.